The van der Waals surface area contributed by atoms with Gasteiger partial charge in [-0.25, -0.2) is 0 Å². The first kappa shape index (κ1) is 15.0. The van der Waals surface area contributed by atoms with Crippen molar-refractivity contribution in [3.8, 4) is 0 Å². The van der Waals surface area contributed by atoms with Crippen LogP contribution in [0, 0.1) is 13.8 Å². The Morgan fingerprint density at radius 2 is 1.94 bits per heavy atom. The quantitative estimate of drug-likeness (QED) is 0.887. The molecule has 1 atom stereocenters. The summed E-state index contributed by atoms with van der Waals surface area (Å²) in [5.41, 5.74) is 8.58. The molecule has 0 aromatic carbocycles. The van der Waals surface area contributed by atoms with Crippen LogP contribution in [-0.4, -0.2) is 22.0 Å². The van der Waals surface area contributed by atoms with E-state index in [0.717, 1.165) is 17.0 Å². The third kappa shape index (κ3) is 4.33. The molecule has 0 saturated carbocycles. The topological polar surface area (TPSA) is 43.8 Å². The molecule has 1 rings (SSSR count). The van der Waals surface area contributed by atoms with E-state index in [9.17, 15) is 13.2 Å². The molecule has 0 radical (unpaired) electrons. The molecule has 0 aliphatic carbocycles. The van der Waals surface area contributed by atoms with E-state index in [4.69, 9.17) is 5.73 Å². The number of rotatable bonds is 5. The van der Waals surface area contributed by atoms with Crippen molar-refractivity contribution in [2.75, 3.05) is 0 Å². The van der Waals surface area contributed by atoms with E-state index < -0.39 is 12.6 Å². The Hall–Kier alpha value is -1.04. The molecule has 104 valence electrons. The minimum atomic E-state index is -4.09. The van der Waals surface area contributed by atoms with Crippen LogP contribution >= 0.6 is 0 Å². The molecule has 1 heterocycles. The molecule has 3 nitrogen and oxygen atoms in total. The first-order chi connectivity index (χ1) is 8.20. The summed E-state index contributed by atoms with van der Waals surface area (Å²) in [6.45, 7) is 5.95. The lowest BCUT2D eigenvalue weighted by molar-refractivity contribution is -0.136. The van der Waals surface area contributed by atoms with Crippen molar-refractivity contribution in [2.45, 2.75) is 58.8 Å². The van der Waals surface area contributed by atoms with Crippen LogP contribution in [0.4, 0.5) is 13.2 Å². The molecule has 0 aliphatic rings. The zero-order valence-corrected chi connectivity index (χ0v) is 11.0. The number of alkyl halides is 3. The number of hydrogen-bond donors (Lipinski definition) is 1. The number of nitrogens with two attached hydrogens (primary N) is 1. The fourth-order valence-electron chi connectivity index (χ4n) is 2.00. The summed E-state index contributed by atoms with van der Waals surface area (Å²) in [5, 5.41) is 4.28. The van der Waals surface area contributed by atoms with Gasteiger partial charge in [0.15, 0.2) is 0 Å². The van der Waals surface area contributed by atoms with Gasteiger partial charge in [0.25, 0.3) is 0 Å². The highest BCUT2D eigenvalue weighted by molar-refractivity contribution is 5.25. The van der Waals surface area contributed by atoms with Crippen molar-refractivity contribution in [2.24, 2.45) is 5.73 Å². The van der Waals surface area contributed by atoms with E-state index in [1.165, 1.54) is 0 Å². The van der Waals surface area contributed by atoms with Crippen LogP contribution < -0.4 is 5.73 Å². The van der Waals surface area contributed by atoms with Crippen LogP contribution in [0.2, 0.25) is 0 Å². The second-order valence-electron chi connectivity index (χ2n) is 4.77. The number of aryl methyl sites for hydroxylation is 2. The van der Waals surface area contributed by atoms with Gasteiger partial charge in [-0.05, 0) is 39.2 Å². The predicted molar refractivity (Wildman–Crippen MR) is 64.3 cm³/mol. The molecule has 0 bridgehead atoms. The van der Waals surface area contributed by atoms with E-state index >= 15 is 0 Å². The van der Waals surface area contributed by atoms with Gasteiger partial charge in [-0.2, -0.15) is 18.3 Å². The van der Waals surface area contributed by atoms with Crippen LogP contribution in [0.1, 0.15) is 36.7 Å². The summed E-state index contributed by atoms with van der Waals surface area (Å²) < 4.78 is 37.9. The van der Waals surface area contributed by atoms with Crippen molar-refractivity contribution in [3.05, 3.63) is 17.0 Å². The van der Waals surface area contributed by atoms with Crippen molar-refractivity contribution in [3.63, 3.8) is 0 Å². The molecule has 0 fully saturated rings. The Morgan fingerprint density at radius 3 is 2.44 bits per heavy atom. The maximum Gasteiger partial charge on any atom is 0.389 e. The van der Waals surface area contributed by atoms with E-state index in [0.29, 0.717) is 13.0 Å². The van der Waals surface area contributed by atoms with Gasteiger partial charge in [-0.1, -0.05) is 0 Å². The second-order valence-corrected chi connectivity index (χ2v) is 4.77. The smallest absolute Gasteiger partial charge is 0.328 e. The SMILES string of the molecule is Cc1nn(CCCC(F)(F)F)c(C)c1CC(C)N. The maximum absolute atomic E-state index is 12.1. The van der Waals surface area contributed by atoms with Gasteiger partial charge in [0.1, 0.15) is 0 Å². The fraction of sp³-hybridized carbons (Fsp3) is 0.750. The number of hydrogen-bond acceptors (Lipinski definition) is 2. The predicted octanol–water partition coefficient (Wildman–Crippen LogP) is 2.73. The van der Waals surface area contributed by atoms with E-state index in [-0.39, 0.29) is 12.5 Å². The minimum Gasteiger partial charge on any atom is -0.328 e. The molecular weight excluding hydrogens is 243 g/mol. The molecule has 1 aromatic heterocycles. The first-order valence-electron chi connectivity index (χ1n) is 6.06. The van der Waals surface area contributed by atoms with Crippen LogP contribution in [-0.2, 0) is 13.0 Å². The lowest BCUT2D eigenvalue weighted by Crippen LogP contribution is -2.18. The van der Waals surface area contributed by atoms with Crippen molar-refractivity contribution >= 4 is 0 Å². The van der Waals surface area contributed by atoms with Crippen molar-refractivity contribution < 1.29 is 13.2 Å². The highest BCUT2D eigenvalue weighted by Gasteiger charge is 2.26. The van der Waals surface area contributed by atoms with Gasteiger partial charge in [-0.3, -0.25) is 4.68 Å². The zero-order chi connectivity index (χ0) is 13.9. The Morgan fingerprint density at radius 1 is 1.33 bits per heavy atom. The standard InChI is InChI=1S/C12H20F3N3/c1-8(16)7-11-9(2)17-18(10(11)3)6-4-5-12(13,14)15/h8H,4-7,16H2,1-3H3. The largest absolute Gasteiger partial charge is 0.389 e. The third-order valence-corrected chi connectivity index (χ3v) is 2.89. The van der Waals surface area contributed by atoms with E-state index in [1.54, 1.807) is 4.68 Å². The third-order valence-electron chi connectivity index (χ3n) is 2.89. The zero-order valence-electron chi connectivity index (χ0n) is 11.0. The van der Waals surface area contributed by atoms with Crippen LogP contribution in [0.25, 0.3) is 0 Å². The summed E-state index contributed by atoms with van der Waals surface area (Å²) in [6, 6.07) is 0.0234. The molecule has 1 aromatic rings. The van der Waals surface area contributed by atoms with E-state index in [2.05, 4.69) is 5.10 Å². The van der Waals surface area contributed by atoms with Gasteiger partial charge < -0.3 is 5.73 Å². The van der Waals surface area contributed by atoms with Gasteiger partial charge in [0, 0.05) is 24.7 Å². The summed E-state index contributed by atoms with van der Waals surface area (Å²) in [7, 11) is 0. The molecule has 18 heavy (non-hydrogen) atoms. The minimum absolute atomic E-state index is 0.0234. The maximum atomic E-state index is 12.1. The lowest BCUT2D eigenvalue weighted by Gasteiger charge is -2.08. The Kier molecular flexibility index (Phi) is 4.78. The van der Waals surface area contributed by atoms with Crippen LogP contribution in [0.15, 0.2) is 0 Å². The van der Waals surface area contributed by atoms with Gasteiger partial charge in [0.2, 0.25) is 0 Å². The molecule has 1 unspecified atom stereocenters. The van der Waals surface area contributed by atoms with Crippen LogP contribution in [0.3, 0.4) is 0 Å². The van der Waals surface area contributed by atoms with Crippen LogP contribution in [0.5, 0.6) is 0 Å². The molecule has 6 heteroatoms. The Labute approximate surface area is 105 Å². The normalized spacial score (nSPS) is 13.9. The van der Waals surface area contributed by atoms with Crippen molar-refractivity contribution in [1.82, 2.24) is 9.78 Å². The molecule has 0 aliphatic heterocycles. The second kappa shape index (κ2) is 5.73. The fourth-order valence-corrected chi connectivity index (χ4v) is 2.00. The van der Waals surface area contributed by atoms with Gasteiger partial charge >= 0.3 is 6.18 Å². The number of aromatic nitrogens is 2. The summed E-state index contributed by atoms with van der Waals surface area (Å²) >= 11 is 0. The Bertz CT molecular complexity index is 394. The molecule has 0 spiro atoms. The molecular formula is C12H20F3N3. The molecule has 2 N–H and O–H groups in total. The Balaban J connectivity index is 2.67. The average molecular weight is 263 g/mol. The number of nitrogens with zero attached hydrogens (tertiary/aromatic N) is 2. The first-order valence-corrected chi connectivity index (χ1v) is 6.06. The lowest BCUT2D eigenvalue weighted by atomic mass is 10.1. The highest BCUT2D eigenvalue weighted by Crippen LogP contribution is 2.22. The average Bonchev–Trinajstić information content (AvgIpc) is 2.43. The summed E-state index contributed by atoms with van der Waals surface area (Å²) in [4.78, 5) is 0. The monoisotopic (exact) mass is 263 g/mol. The van der Waals surface area contributed by atoms with Gasteiger partial charge in [0.05, 0.1) is 5.69 Å². The van der Waals surface area contributed by atoms with E-state index in [1.807, 2.05) is 20.8 Å². The van der Waals surface area contributed by atoms with Gasteiger partial charge in [-0.15, -0.1) is 0 Å². The summed E-state index contributed by atoms with van der Waals surface area (Å²) in [5.74, 6) is 0. The molecule has 0 amide bonds. The molecule has 0 saturated heterocycles. The summed E-state index contributed by atoms with van der Waals surface area (Å²) in [6.07, 6.45) is -4.10. The number of halogens is 3. The highest BCUT2D eigenvalue weighted by atomic mass is 19.4. The van der Waals surface area contributed by atoms with Crippen molar-refractivity contribution in [1.29, 1.82) is 0 Å².